The van der Waals surface area contributed by atoms with Crippen LogP contribution in [0.2, 0.25) is 0 Å². The summed E-state index contributed by atoms with van der Waals surface area (Å²) >= 11 is 1.67. The fraction of sp³-hybridized carbons (Fsp3) is 0.600. The molecule has 0 radical (unpaired) electrons. The van der Waals surface area contributed by atoms with Gasteiger partial charge in [-0.1, -0.05) is 13.0 Å². The summed E-state index contributed by atoms with van der Waals surface area (Å²) in [6, 6.07) is 3.89. The van der Waals surface area contributed by atoms with E-state index in [-0.39, 0.29) is 6.03 Å². The molecule has 2 N–H and O–H groups in total. The number of hydrogen-bond acceptors (Lipinski definition) is 3. The Morgan fingerprint density at radius 1 is 1.52 bits per heavy atom. The molecule has 1 aromatic heterocycles. The zero-order valence-corrected chi connectivity index (χ0v) is 13.1. The van der Waals surface area contributed by atoms with E-state index in [9.17, 15) is 14.7 Å². The molecule has 2 amide bonds. The van der Waals surface area contributed by atoms with Gasteiger partial charge >= 0.3 is 12.0 Å². The lowest BCUT2D eigenvalue weighted by atomic mass is 9.78. The van der Waals surface area contributed by atoms with Crippen LogP contribution in [0.3, 0.4) is 0 Å². The second-order valence-electron chi connectivity index (χ2n) is 5.53. The smallest absolute Gasteiger partial charge is 0.317 e. The summed E-state index contributed by atoms with van der Waals surface area (Å²) in [5.74, 6) is -0.791. The zero-order chi connectivity index (χ0) is 15.3. The third kappa shape index (κ3) is 3.75. The topological polar surface area (TPSA) is 69.6 Å². The van der Waals surface area contributed by atoms with Gasteiger partial charge in [0.2, 0.25) is 0 Å². The molecule has 1 aliphatic rings. The summed E-state index contributed by atoms with van der Waals surface area (Å²) in [7, 11) is 0. The number of nitrogens with zero attached hydrogens (tertiary/aromatic N) is 1. The first-order valence-corrected chi connectivity index (χ1v) is 8.24. The molecular weight excluding hydrogens is 288 g/mol. The molecule has 1 aliphatic heterocycles. The molecule has 21 heavy (non-hydrogen) atoms. The Balaban J connectivity index is 1.85. The van der Waals surface area contributed by atoms with Gasteiger partial charge in [0.05, 0.1) is 5.41 Å². The van der Waals surface area contributed by atoms with Gasteiger partial charge in [-0.3, -0.25) is 4.79 Å². The third-order valence-corrected chi connectivity index (χ3v) is 5.16. The van der Waals surface area contributed by atoms with Crippen LogP contribution in [0.25, 0.3) is 0 Å². The molecule has 0 saturated carbocycles. The van der Waals surface area contributed by atoms with Crippen LogP contribution >= 0.6 is 11.3 Å². The van der Waals surface area contributed by atoms with Crippen molar-refractivity contribution in [1.82, 2.24) is 10.2 Å². The van der Waals surface area contributed by atoms with E-state index in [2.05, 4.69) is 5.32 Å². The minimum atomic E-state index is -0.791. The van der Waals surface area contributed by atoms with Gasteiger partial charge in [0.25, 0.3) is 0 Å². The number of carbonyl (C=O) groups is 2. The minimum Gasteiger partial charge on any atom is -0.481 e. The first-order chi connectivity index (χ1) is 10.1. The summed E-state index contributed by atoms with van der Waals surface area (Å²) in [4.78, 5) is 26.6. The van der Waals surface area contributed by atoms with Gasteiger partial charge in [-0.25, -0.2) is 4.79 Å². The summed E-state index contributed by atoms with van der Waals surface area (Å²) in [5.41, 5.74) is -0.774. The molecule has 0 spiro atoms. The van der Waals surface area contributed by atoms with Crippen LogP contribution in [0.4, 0.5) is 4.79 Å². The van der Waals surface area contributed by atoms with E-state index in [0.717, 1.165) is 12.8 Å². The number of carbonyl (C=O) groups excluding carboxylic acids is 1. The zero-order valence-electron chi connectivity index (χ0n) is 12.3. The van der Waals surface area contributed by atoms with Crippen LogP contribution in [-0.4, -0.2) is 41.6 Å². The number of hydrogen-bond donors (Lipinski definition) is 2. The molecule has 2 rings (SSSR count). The van der Waals surface area contributed by atoms with Crippen molar-refractivity contribution in [3.8, 4) is 0 Å². The van der Waals surface area contributed by atoms with E-state index in [1.807, 2.05) is 24.4 Å². The average Bonchev–Trinajstić information content (AvgIpc) is 3.00. The van der Waals surface area contributed by atoms with E-state index in [0.29, 0.717) is 32.5 Å². The molecule has 5 nitrogen and oxygen atoms in total. The molecule has 1 fully saturated rings. The van der Waals surface area contributed by atoms with E-state index in [4.69, 9.17) is 0 Å². The molecule has 6 heteroatoms. The van der Waals surface area contributed by atoms with Crippen LogP contribution in [0, 0.1) is 5.41 Å². The molecular formula is C15H22N2O3S. The van der Waals surface area contributed by atoms with Crippen molar-refractivity contribution in [1.29, 1.82) is 0 Å². The Bertz CT molecular complexity index is 489. The third-order valence-electron chi connectivity index (χ3n) is 4.22. The number of carboxylic acid groups (broad SMARTS) is 1. The van der Waals surface area contributed by atoms with E-state index >= 15 is 0 Å². The van der Waals surface area contributed by atoms with Crippen molar-refractivity contribution < 1.29 is 14.7 Å². The predicted octanol–water partition coefficient (Wildman–Crippen LogP) is 2.58. The predicted molar refractivity (Wildman–Crippen MR) is 82.6 cm³/mol. The lowest BCUT2D eigenvalue weighted by Gasteiger charge is -2.39. The van der Waals surface area contributed by atoms with Crippen LogP contribution < -0.4 is 5.32 Å². The Hall–Kier alpha value is -1.56. The number of piperidine rings is 1. The standard InChI is InChI=1S/C15H22N2O3S/c1-2-15(13(18)19)7-4-9-17(11-15)14(20)16-8-6-12-5-3-10-21-12/h3,5,10H,2,4,6-9,11H2,1H3,(H,16,20)(H,18,19). The molecule has 1 unspecified atom stereocenters. The van der Waals surface area contributed by atoms with E-state index in [1.165, 1.54) is 4.88 Å². The molecule has 1 atom stereocenters. The maximum absolute atomic E-state index is 12.2. The van der Waals surface area contributed by atoms with Gasteiger partial charge in [0.15, 0.2) is 0 Å². The maximum atomic E-state index is 12.2. The fourth-order valence-electron chi connectivity index (χ4n) is 2.78. The SMILES string of the molecule is CCC1(C(=O)O)CCCN(C(=O)NCCc2cccs2)C1. The summed E-state index contributed by atoms with van der Waals surface area (Å²) < 4.78 is 0. The summed E-state index contributed by atoms with van der Waals surface area (Å²) in [6.07, 6.45) is 2.77. The number of likely N-dealkylation sites (tertiary alicyclic amines) is 1. The minimum absolute atomic E-state index is 0.148. The van der Waals surface area contributed by atoms with Crippen molar-refractivity contribution >= 4 is 23.3 Å². The monoisotopic (exact) mass is 310 g/mol. The largest absolute Gasteiger partial charge is 0.481 e. The van der Waals surface area contributed by atoms with Gasteiger partial charge in [0.1, 0.15) is 0 Å². The number of urea groups is 1. The molecule has 116 valence electrons. The van der Waals surface area contributed by atoms with Crippen molar-refractivity contribution in [3.05, 3.63) is 22.4 Å². The highest BCUT2D eigenvalue weighted by Crippen LogP contribution is 2.33. The normalized spacial score (nSPS) is 22.0. The highest BCUT2D eigenvalue weighted by atomic mass is 32.1. The number of rotatable bonds is 5. The van der Waals surface area contributed by atoms with E-state index < -0.39 is 11.4 Å². The Labute approximate surface area is 129 Å². The number of nitrogens with one attached hydrogen (secondary N) is 1. The Morgan fingerprint density at radius 2 is 2.33 bits per heavy atom. The van der Waals surface area contributed by atoms with Crippen molar-refractivity contribution in [3.63, 3.8) is 0 Å². The van der Waals surface area contributed by atoms with Gasteiger partial charge in [-0.2, -0.15) is 0 Å². The lowest BCUT2D eigenvalue weighted by Crippen LogP contribution is -2.52. The maximum Gasteiger partial charge on any atom is 0.317 e. The van der Waals surface area contributed by atoms with Crippen molar-refractivity contribution in [2.75, 3.05) is 19.6 Å². The number of aliphatic carboxylic acids is 1. The van der Waals surface area contributed by atoms with Crippen LogP contribution in [0.5, 0.6) is 0 Å². The van der Waals surface area contributed by atoms with Crippen LogP contribution in [0.15, 0.2) is 17.5 Å². The molecule has 0 aromatic carbocycles. The first-order valence-electron chi connectivity index (χ1n) is 7.36. The van der Waals surface area contributed by atoms with Gasteiger partial charge < -0.3 is 15.3 Å². The number of thiophene rings is 1. The fourth-order valence-corrected chi connectivity index (χ4v) is 3.49. The van der Waals surface area contributed by atoms with Crippen LogP contribution in [0.1, 0.15) is 31.1 Å². The Morgan fingerprint density at radius 3 is 2.95 bits per heavy atom. The van der Waals surface area contributed by atoms with Crippen molar-refractivity contribution in [2.24, 2.45) is 5.41 Å². The Kier molecular flexibility index (Phi) is 5.22. The molecule has 0 aliphatic carbocycles. The molecule has 0 bridgehead atoms. The first kappa shape index (κ1) is 15.8. The van der Waals surface area contributed by atoms with Gasteiger partial charge in [-0.05, 0) is 37.1 Å². The highest BCUT2D eigenvalue weighted by Gasteiger charge is 2.42. The second-order valence-corrected chi connectivity index (χ2v) is 6.56. The molecule has 2 heterocycles. The summed E-state index contributed by atoms with van der Waals surface area (Å²) in [6.45, 7) is 3.41. The number of carboxylic acids is 1. The molecule has 1 aromatic rings. The quantitative estimate of drug-likeness (QED) is 0.878. The van der Waals surface area contributed by atoms with E-state index in [1.54, 1.807) is 16.2 Å². The van der Waals surface area contributed by atoms with Crippen molar-refractivity contribution in [2.45, 2.75) is 32.6 Å². The lowest BCUT2D eigenvalue weighted by molar-refractivity contribution is -0.152. The highest BCUT2D eigenvalue weighted by molar-refractivity contribution is 7.09. The second kappa shape index (κ2) is 6.93. The molecule has 1 saturated heterocycles. The summed E-state index contributed by atoms with van der Waals surface area (Å²) in [5, 5.41) is 14.3. The van der Waals surface area contributed by atoms with Gasteiger partial charge in [0, 0.05) is 24.5 Å². The average molecular weight is 310 g/mol. The van der Waals surface area contributed by atoms with Gasteiger partial charge in [-0.15, -0.1) is 11.3 Å². The van der Waals surface area contributed by atoms with Crippen LogP contribution in [-0.2, 0) is 11.2 Å². The number of amides is 2.